The molecule has 0 aromatic heterocycles. The number of nitrogens with zero attached hydrogens (tertiary/aromatic N) is 1. The van der Waals surface area contributed by atoms with Gasteiger partial charge in [-0.15, -0.1) is 0 Å². The fourth-order valence-electron chi connectivity index (χ4n) is 2.63. The summed E-state index contributed by atoms with van der Waals surface area (Å²) in [5.74, 6) is 1.13. The molecule has 0 saturated heterocycles. The van der Waals surface area contributed by atoms with E-state index >= 15 is 0 Å². The first-order chi connectivity index (χ1) is 13.0. The average Bonchev–Trinajstić information content (AvgIpc) is 2.64. The van der Waals surface area contributed by atoms with Gasteiger partial charge in [0, 0.05) is 5.69 Å². The van der Waals surface area contributed by atoms with Crippen LogP contribution in [0.25, 0.3) is 0 Å². The van der Waals surface area contributed by atoms with Crippen LogP contribution in [0.2, 0.25) is 0 Å². The minimum Gasteiger partial charge on any atom is -0.490 e. The lowest BCUT2D eigenvalue weighted by Gasteiger charge is -2.12. The Balaban J connectivity index is 1.92. The minimum absolute atomic E-state index is 0.149. The molecule has 27 heavy (non-hydrogen) atoms. The van der Waals surface area contributed by atoms with Gasteiger partial charge in [-0.25, -0.2) is 5.43 Å². The summed E-state index contributed by atoms with van der Waals surface area (Å²) in [4.78, 5) is 12.0. The predicted molar refractivity (Wildman–Crippen MR) is 109 cm³/mol. The Hall–Kier alpha value is -3.02. The molecule has 2 aromatic carbocycles. The highest BCUT2D eigenvalue weighted by Gasteiger charge is 2.06. The maximum atomic E-state index is 12.0. The topological polar surface area (TPSA) is 72.0 Å². The maximum Gasteiger partial charge on any atom is 0.259 e. The highest BCUT2D eigenvalue weighted by Crippen LogP contribution is 2.28. The molecular weight excluding hydrogens is 342 g/mol. The van der Waals surface area contributed by atoms with Gasteiger partial charge in [0.2, 0.25) is 0 Å². The Kier molecular flexibility index (Phi) is 7.67. The van der Waals surface area contributed by atoms with Gasteiger partial charge < -0.3 is 14.8 Å². The van der Waals surface area contributed by atoms with Crippen molar-refractivity contribution in [2.75, 3.05) is 25.1 Å². The van der Waals surface area contributed by atoms with Gasteiger partial charge in [-0.05, 0) is 62.6 Å². The van der Waals surface area contributed by atoms with Crippen LogP contribution in [0.5, 0.6) is 11.5 Å². The van der Waals surface area contributed by atoms with E-state index in [4.69, 9.17) is 9.47 Å². The number of nitrogens with one attached hydrogen (secondary N) is 2. The van der Waals surface area contributed by atoms with Gasteiger partial charge in [0.15, 0.2) is 11.5 Å². The highest BCUT2D eigenvalue weighted by molar-refractivity contribution is 5.85. The molecule has 2 N–H and O–H groups in total. The molecule has 0 radical (unpaired) electrons. The predicted octanol–water partition coefficient (Wildman–Crippen LogP) is 3.66. The summed E-state index contributed by atoms with van der Waals surface area (Å²) >= 11 is 0. The van der Waals surface area contributed by atoms with Gasteiger partial charge >= 0.3 is 0 Å². The zero-order valence-electron chi connectivity index (χ0n) is 16.3. The van der Waals surface area contributed by atoms with Crippen molar-refractivity contribution in [3.8, 4) is 11.5 Å². The van der Waals surface area contributed by atoms with E-state index in [0.717, 1.165) is 22.4 Å². The third-order valence-electron chi connectivity index (χ3n) is 3.88. The molecule has 0 aliphatic carbocycles. The summed E-state index contributed by atoms with van der Waals surface area (Å²) in [5, 5.41) is 7.17. The number of amides is 1. The van der Waals surface area contributed by atoms with Crippen molar-refractivity contribution in [3.05, 3.63) is 53.1 Å². The number of hydrazone groups is 1. The van der Waals surface area contributed by atoms with Gasteiger partial charge in [-0.3, -0.25) is 4.79 Å². The van der Waals surface area contributed by atoms with Gasteiger partial charge in [0.05, 0.1) is 26.0 Å². The third kappa shape index (κ3) is 6.02. The van der Waals surface area contributed by atoms with Crippen molar-refractivity contribution in [2.24, 2.45) is 5.10 Å². The second-order valence-corrected chi connectivity index (χ2v) is 5.99. The van der Waals surface area contributed by atoms with Crippen LogP contribution in [0.4, 0.5) is 5.69 Å². The van der Waals surface area contributed by atoms with E-state index in [2.05, 4.69) is 15.8 Å². The summed E-state index contributed by atoms with van der Waals surface area (Å²) in [6, 6.07) is 11.5. The number of anilines is 1. The van der Waals surface area contributed by atoms with Gasteiger partial charge in [0.25, 0.3) is 5.91 Å². The SMILES string of the molecule is CCOc1ccc(/C=N/NC(=O)CNc2c(C)cccc2C)cc1OCC. The van der Waals surface area contributed by atoms with E-state index in [9.17, 15) is 4.79 Å². The summed E-state index contributed by atoms with van der Waals surface area (Å²) in [7, 11) is 0. The van der Waals surface area contributed by atoms with Gasteiger partial charge in [-0.2, -0.15) is 5.10 Å². The van der Waals surface area contributed by atoms with Crippen molar-refractivity contribution in [1.29, 1.82) is 0 Å². The number of aryl methyl sites for hydroxylation is 2. The fraction of sp³-hybridized carbons (Fsp3) is 0.333. The van der Waals surface area contributed by atoms with E-state index in [1.165, 1.54) is 0 Å². The molecule has 0 aliphatic heterocycles. The summed E-state index contributed by atoms with van der Waals surface area (Å²) < 4.78 is 11.1. The second-order valence-electron chi connectivity index (χ2n) is 5.99. The average molecular weight is 369 g/mol. The zero-order chi connectivity index (χ0) is 19.6. The molecule has 0 atom stereocenters. The Morgan fingerprint density at radius 2 is 1.70 bits per heavy atom. The molecule has 0 unspecified atom stereocenters. The Labute approximate surface area is 160 Å². The monoisotopic (exact) mass is 369 g/mol. The number of ether oxygens (including phenoxy) is 2. The Morgan fingerprint density at radius 1 is 1.04 bits per heavy atom. The first kappa shape index (κ1) is 20.3. The van der Waals surface area contributed by atoms with Crippen LogP contribution in [-0.4, -0.2) is 31.9 Å². The lowest BCUT2D eigenvalue weighted by molar-refractivity contribution is -0.119. The van der Waals surface area contributed by atoms with Gasteiger partial charge in [0.1, 0.15) is 0 Å². The molecule has 0 spiro atoms. The molecule has 0 bridgehead atoms. The minimum atomic E-state index is -0.218. The molecule has 0 fully saturated rings. The number of hydrogen-bond acceptors (Lipinski definition) is 5. The standard InChI is InChI=1S/C21H27N3O3/c1-5-26-18-11-10-17(12-19(18)27-6-2)13-23-24-20(25)14-22-21-15(3)8-7-9-16(21)4/h7-13,22H,5-6,14H2,1-4H3,(H,24,25)/b23-13+. The largest absolute Gasteiger partial charge is 0.490 e. The molecule has 2 aromatic rings. The molecule has 2 rings (SSSR count). The van der Waals surface area contributed by atoms with E-state index in [1.54, 1.807) is 6.21 Å². The number of carbonyl (C=O) groups is 1. The summed E-state index contributed by atoms with van der Waals surface area (Å²) in [6.07, 6.45) is 1.58. The lowest BCUT2D eigenvalue weighted by Crippen LogP contribution is -2.26. The van der Waals surface area contributed by atoms with E-state index in [0.29, 0.717) is 24.7 Å². The lowest BCUT2D eigenvalue weighted by atomic mass is 10.1. The smallest absolute Gasteiger partial charge is 0.259 e. The van der Waals surface area contributed by atoms with Crippen LogP contribution in [-0.2, 0) is 4.79 Å². The first-order valence-electron chi connectivity index (χ1n) is 9.06. The third-order valence-corrected chi connectivity index (χ3v) is 3.88. The van der Waals surface area contributed by atoms with Crippen LogP contribution < -0.4 is 20.2 Å². The molecule has 0 saturated carbocycles. The normalized spacial score (nSPS) is 10.7. The zero-order valence-corrected chi connectivity index (χ0v) is 16.3. The maximum absolute atomic E-state index is 12.0. The van der Waals surface area contributed by atoms with Crippen LogP contribution in [0.15, 0.2) is 41.5 Å². The van der Waals surface area contributed by atoms with Crippen molar-refractivity contribution >= 4 is 17.8 Å². The van der Waals surface area contributed by atoms with E-state index in [-0.39, 0.29) is 12.5 Å². The molecule has 0 aliphatic rings. The Morgan fingerprint density at radius 3 is 2.37 bits per heavy atom. The number of rotatable bonds is 9. The summed E-state index contributed by atoms with van der Waals surface area (Å²) in [6.45, 7) is 9.11. The number of carbonyl (C=O) groups excluding carboxylic acids is 1. The van der Waals surface area contributed by atoms with E-state index < -0.39 is 0 Å². The number of para-hydroxylation sites is 1. The molecule has 0 heterocycles. The fourth-order valence-corrected chi connectivity index (χ4v) is 2.63. The molecule has 144 valence electrons. The molecule has 6 heteroatoms. The van der Waals surface area contributed by atoms with Crippen LogP contribution in [0, 0.1) is 13.8 Å². The van der Waals surface area contributed by atoms with Crippen LogP contribution in [0.3, 0.4) is 0 Å². The van der Waals surface area contributed by atoms with Crippen molar-refractivity contribution in [2.45, 2.75) is 27.7 Å². The first-order valence-corrected chi connectivity index (χ1v) is 9.06. The molecule has 6 nitrogen and oxygen atoms in total. The summed E-state index contributed by atoms with van der Waals surface area (Å²) in [5.41, 5.74) is 6.52. The molecular formula is C21H27N3O3. The van der Waals surface area contributed by atoms with E-state index in [1.807, 2.05) is 64.1 Å². The van der Waals surface area contributed by atoms with Crippen LogP contribution in [0.1, 0.15) is 30.5 Å². The van der Waals surface area contributed by atoms with Crippen molar-refractivity contribution in [1.82, 2.24) is 5.43 Å². The molecule has 1 amide bonds. The second kappa shape index (κ2) is 10.2. The van der Waals surface area contributed by atoms with Crippen molar-refractivity contribution in [3.63, 3.8) is 0 Å². The number of benzene rings is 2. The van der Waals surface area contributed by atoms with Gasteiger partial charge in [-0.1, -0.05) is 18.2 Å². The van der Waals surface area contributed by atoms with Crippen molar-refractivity contribution < 1.29 is 14.3 Å². The quantitative estimate of drug-likeness (QED) is 0.523. The van der Waals surface area contributed by atoms with Crippen LogP contribution >= 0.6 is 0 Å². The Bertz CT molecular complexity index is 783. The highest BCUT2D eigenvalue weighted by atomic mass is 16.5. The number of hydrogen-bond donors (Lipinski definition) is 2.